The van der Waals surface area contributed by atoms with Crippen molar-refractivity contribution < 1.29 is 81.6 Å². The molecule has 0 aromatic rings. The molecule has 79 heavy (non-hydrogen) atoms. The van der Waals surface area contributed by atoms with Crippen molar-refractivity contribution >= 4 is 35.3 Å². The van der Waals surface area contributed by atoms with Crippen LogP contribution >= 0.6 is 0 Å². The number of cyclic esters (lactones) is 1. The van der Waals surface area contributed by atoms with Crippen molar-refractivity contribution in [2.75, 3.05) is 74.1 Å². The molecule has 0 radical (unpaired) electrons. The topological polar surface area (TPSA) is 267 Å². The molecule has 3 fully saturated rings. The fourth-order valence-corrected chi connectivity index (χ4v) is 11.0. The SMILES string of the molecule is CCOCCOCCOCCNC(=O)O[C@@H]1CC[C@@H](C[C@@H](N)[C@@H]2CC(=O)[C@H](C)/C=C(\C)[C@@H](O)[C@@H](OC)C(=O)[C@H](C)C[C@H](C)/C=C/C=C/C=C(\C)[C@@H](OC)C[C@@H]3CC[C@@H](C)[C@@](O)(O3)C(=O)C(=O)N3CCCC[C@H]3C(=O)O2)C[C@H]1OC. The van der Waals surface area contributed by atoms with Crippen LogP contribution in [-0.2, 0) is 66.6 Å². The van der Waals surface area contributed by atoms with Gasteiger partial charge >= 0.3 is 12.1 Å². The highest BCUT2D eigenvalue weighted by molar-refractivity contribution is 6.39. The first-order valence-corrected chi connectivity index (χ1v) is 28.6. The number of esters is 1. The summed E-state index contributed by atoms with van der Waals surface area (Å²) in [5.41, 5.74) is 8.17. The minimum Gasteiger partial charge on any atom is -0.459 e. The van der Waals surface area contributed by atoms with E-state index in [-0.39, 0.29) is 68.8 Å². The van der Waals surface area contributed by atoms with Crippen molar-refractivity contribution in [1.82, 2.24) is 10.2 Å². The summed E-state index contributed by atoms with van der Waals surface area (Å²) in [5.74, 6) is -8.48. The molecule has 3 aliphatic heterocycles. The molecule has 0 unspecified atom stereocenters. The van der Waals surface area contributed by atoms with Crippen LogP contribution in [0, 0.1) is 29.6 Å². The Balaban J connectivity index is 1.58. The van der Waals surface area contributed by atoms with E-state index in [4.69, 9.17) is 48.4 Å². The van der Waals surface area contributed by atoms with E-state index >= 15 is 0 Å². The Labute approximate surface area is 468 Å². The normalized spacial score (nSPS) is 35.2. The molecular weight excluding hydrogens is 1020 g/mol. The predicted molar refractivity (Wildman–Crippen MR) is 294 cm³/mol. The van der Waals surface area contributed by atoms with Gasteiger partial charge in [-0.15, -0.1) is 0 Å². The quantitative estimate of drug-likeness (QED) is 0.0591. The molecule has 2 amide bonds. The molecule has 448 valence electrons. The van der Waals surface area contributed by atoms with E-state index < -0.39 is 102 Å². The molecule has 4 aliphatic rings. The minimum atomic E-state index is -2.48. The van der Waals surface area contributed by atoms with Gasteiger partial charge in [-0.1, -0.05) is 64.2 Å². The van der Waals surface area contributed by atoms with Gasteiger partial charge in [-0.25, -0.2) is 9.59 Å². The van der Waals surface area contributed by atoms with Gasteiger partial charge < -0.3 is 68.8 Å². The predicted octanol–water partition coefficient (Wildman–Crippen LogP) is 5.68. The summed E-state index contributed by atoms with van der Waals surface area (Å²) in [5, 5.41) is 26.3. The summed E-state index contributed by atoms with van der Waals surface area (Å²) < 4.78 is 51.6. The first-order chi connectivity index (χ1) is 37.7. The number of nitrogens with zero attached hydrogens (tertiary/aromatic N) is 1. The number of piperidine rings is 1. The zero-order chi connectivity index (χ0) is 58.2. The number of nitrogens with two attached hydrogens (primary N) is 1. The number of hydrogen-bond donors (Lipinski definition) is 4. The number of ether oxygens (including phenoxy) is 9. The molecular formula is C59H95N3O17. The lowest BCUT2D eigenvalue weighted by atomic mass is 9.80. The maximum atomic E-state index is 14.6. The first kappa shape index (κ1) is 67.3. The molecule has 0 aromatic heterocycles. The van der Waals surface area contributed by atoms with E-state index in [9.17, 15) is 39.0 Å². The highest BCUT2D eigenvalue weighted by atomic mass is 16.6. The van der Waals surface area contributed by atoms with Crippen LogP contribution in [0.15, 0.2) is 47.6 Å². The number of aliphatic hydroxyl groups excluding tert-OH is 1. The lowest BCUT2D eigenvalue weighted by molar-refractivity contribution is -0.265. The van der Waals surface area contributed by atoms with E-state index in [1.54, 1.807) is 40.9 Å². The molecule has 2 saturated heterocycles. The average molecular weight is 1120 g/mol. The molecule has 20 nitrogen and oxygen atoms in total. The van der Waals surface area contributed by atoms with Crippen LogP contribution in [0.25, 0.3) is 0 Å². The van der Waals surface area contributed by atoms with Gasteiger partial charge in [0.1, 0.15) is 36.2 Å². The summed E-state index contributed by atoms with van der Waals surface area (Å²) >= 11 is 0. The molecule has 20 heteroatoms. The van der Waals surface area contributed by atoms with Gasteiger partial charge in [-0.3, -0.25) is 19.2 Å². The number of carbonyl (C=O) groups is 6. The third-order valence-electron chi connectivity index (χ3n) is 15.9. The number of carbonyl (C=O) groups excluding carboxylic acids is 6. The Hall–Kier alpha value is -4.22. The first-order valence-electron chi connectivity index (χ1n) is 28.6. The molecule has 3 heterocycles. The molecule has 5 N–H and O–H groups in total. The number of ketones is 3. The van der Waals surface area contributed by atoms with Crippen molar-refractivity contribution in [2.45, 2.75) is 186 Å². The number of hydrogen-bond acceptors (Lipinski definition) is 18. The van der Waals surface area contributed by atoms with Crippen molar-refractivity contribution in [2.24, 2.45) is 35.3 Å². The minimum absolute atomic E-state index is 0.0118. The fraction of sp³-hybridized carbons (Fsp3) is 0.763. The van der Waals surface area contributed by atoms with Gasteiger partial charge in [-0.2, -0.15) is 0 Å². The third kappa shape index (κ3) is 20.6. The number of nitrogens with one attached hydrogen (secondary N) is 1. The van der Waals surface area contributed by atoms with Crippen LogP contribution in [-0.4, -0.2) is 185 Å². The molecule has 4 rings (SSSR count). The number of methoxy groups -OCH3 is 3. The highest BCUT2D eigenvalue weighted by Crippen LogP contribution is 2.37. The van der Waals surface area contributed by atoms with Gasteiger partial charge in [0.05, 0.1) is 51.3 Å². The van der Waals surface area contributed by atoms with Crippen molar-refractivity contribution in [3.63, 3.8) is 0 Å². The largest absolute Gasteiger partial charge is 0.459 e. The number of alkyl carbamates (subject to hydrolysis) is 1. The lowest BCUT2D eigenvalue weighted by Gasteiger charge is -2.42. The van der Waals surface area contributed by atoms with Crippen molar-refractivity contribution in [3.8, 4) is 0 Å². The summed E-state index contributed by atoms with van der Waals surface area (Å²) in [4.78, 5) is 85.3. The van der Waals surface area contributed by atoms with Gasteiger partial charge in [0.2, 0.25) is 5.79 Å². The van der Waals surface area contributed by atoms with Crippen molar-refractivity contribution in [1.29, 1.82) is 0 Å². The molecule has 1 aliphatic carbocycles. The van der Waals surface area contributed by atoms with Gasteiger partial charge in [0.15, 0.2) is 5.78 Å². The highest BCUT2D eigenvalue weighted by Gasteiger charge is 2.53. The van der Waals surface area contributed by atoms with Crippen LogP contribution in [0.3, 0.4) is 0 Å². The number of Topliss-reactive ketones (excluding diaryl/α,β-unsaturated/α-hetero) is 3. The van der Waals surface area contributed by atoms with E-state index in [1.807, 2.05) is 51.2 Å². The maximum Gasteiger partial charge on any atom is 0.407 e. The van der Waals surface area contributed by atoms with E-state index in [0.29, 0.717) is 90.0 Å². The Morgan fingerprint density at radius 3 is 2.23 bits per heavy atom. The average Bonchev–Trinajstić information content (AvgIpc) is 3.47. The molecule has 0 spiro atoms. The third-order valence-corrected chi connectivity index (χ3v) is 15.9. The zero-order valence-corrected chi connectivity index (χ0v) is 48.7. The smallest absolute Gasteiger partial charge is 0.407 e. The molecule has 0 aromatic carbocycles. The van der Waals surface area contributed by atoms with E-state index in [1.165, 1.54) is 14.2 Å². The Morgan fingerprint density at radius 2 is 1.54 bits per heavy atom. The Kier molecular flexibility index (Phi) is 29.2. The van der Waals surface area contributed by atoms with E-state index in [2.05, 4.69) is 5.32 Å². The fourth-order valence-electron chi connectivity index (χ4n) is 11.0. The molecule has 15 atom stereocenters. The van der Waals surface area contributed by atoms with Gasteiger partial charge in [0, 0.05) is 77.7 Å². The zero-order valence-electron chi connectivity index (χ0n) is 48.7. The number of rotatable bonds is 17. The summed E-state index contributed by atoms with van der Waals surface area (Å²) in [6.45, 7) is 15.4. The van der Waals surface area contributed by atoms with Crippen LogP contribution < -0.4 is 11.1 Å². The molecule has 1 saturated carbocycles. The summed E-state index contributed by atoms with van der Waals surface area (Å²) in [7, 11) is 4.45. The number of allylic oxidation sites excluding steroid dienone is 6. The second-order valence-electron chi connectivity index (χ2n) is 22.0. The van der Waals surface area contributed by atoms with Crippen LogP contribution in [0.2, 0.25) is 0 Å². The number of fused-ring (bicyclic) bond motifs is 3. The maximum absolute atomic E-state index is 14.6. The van der Waals surface area contributed by atoms with Gasteiger partial charge in [0.25, 0.3) is 11.7 Å². The lowest BCUT2D eigenvalue weighted by Crippen LogP contribution is -2.61. The second kappa shape index (κ2) is 34.3. The molecule has 2 bridgehead atoms. The Morgan fingerprint density at radius 1 is 0.835 bits per heavy atom. The van der Waals surface area contributed by atoms with Crippen LogP contribution in [0.5, 0.6) is 0 Å². The summed E-state index contributed by atoms with van der Waals surface area (Å²) in [6, 6.07) is -2.16. The van der Waals surface area contributed by atoms with Crippen molar-refractivity contribution in [3.05, 3.63) is 47.6 Å². The standard InChI is InChI=1S/C59H95N3O17/c1-11-74-27-28-76-30-29-75-26-24-61-58(69)78-48-23-21-43(34-51(48)72-9)33-45(60)50-36-47(63)39(4)32-41(6)53(65)54(73-10)52(64)40(5)31-37(2)17-13-12-14-18-38(3)49(71-8)35-44-22-20-42(7)59(70,79-44)55(66)56(67)62-25-16-15-19-46(62)57(68)77-50/h12-14,17-18,32,37,39-40,42-46,48-51,53-54,65,70H,11,15-16,19-31,33-36,60H2,1-10H3,(H,61,69)/b14-12+,17-13+,38-18+,41-32+/t37-,39-,40-,42-,43+,44+,45-,46+,48-,49+,50+,51-,53-,54+,59-/m1/s1. The van der Waals surface area contributed by atoms with E-state index in [0.717, 1.165) is 10.5 Å². The monoisotopic (exact) mass is 1120 g/mol. The second-order valence-corrected chi connectivity index (χ2v) is 22.0. The van der Waals surface area contributed by atoms with Crippen LogP contribution in [0.1, 0.15) is 126 Å². The summed E-state index contributed by atoms with van der Waals surface area (Å²) in [6.07, 6.45) is 8.65. The number of amides is 2. The van der Waals surface area contributed by atoms with Crippen LogP contribution in [0.4, 0.5) is 4.79 Å². The van der Waals surface area contributed by atoms with Gasteiger partial charge in [-0.05, 0) is 108 Å². The Bertz CT molecular complexity index is 2080. The number of aliphatic hydroxyl groups is 2.